The Balaban J connectivity index is 2.02. The zero-order valence-electron chi connectivity index (χ0n) is 23.6. The van der Waals surface area contributed by atoms with Gasteiger partial charge >= 0.3 is 12.4 Å². The van der Waals surface area contributed by atoms with Crippen molar-refractivity contribution in [1.82, 2.24) is 5.32 Å². The van der Waals surface area contributed by atoms with Gasteiger partial charge in [-0.05, 0) is 54.9 Å². The van der Waals surface area contributed by atoms with Crippen LogP contribution in [0.25, 0.3) is 0 Å². The van der Waals surface area contributed by atoms with Gasteiger partial charge in [0.2, 0.25) is 0 Å². The summed E-state index contributed by atoms with van der Waals surface area (Å²) in [6.07, 6.45) is -11.6. The number of rotatable bonds is 14. The van der Waals surface area contributed by atoms with Gasteiger partial charge in [0.05, 0.1) is 24.4 Å². The lowest BCUT2D eigenvalue weighted by atomic mass is 9.90. The molecular formula is C28H26F9NO6S2. The molecule has 0 amide bonds. The van der Waals surface area contributed by atoms with Crippen molar-refractivity contribution in [2.45, 2.75) is 41.1 Å². The summed E-state index contributed by atoms with van der Waals surface area (Å²) in [5.74, 6) is -3.68. The van der Waals surface area contributed by atoms with E-state index in [0.717, 1.165) is 36.6 Å². The Hall–Kier alpha value is -3.19. The molecule has 1 unspecified atom stereocenters. The third-order valence-electron chi connectivity index (χ3n) is 6.62. The average Bonchev–Trinajstić information content (AvgIpc) is 2.93. The van der Waals surface area contributed by atoms with Crippen LogP contribution >= 0.6 is 0 Å². The van der Waals surface area contributed by atoms with E-state index < -0.39 is 89.8 Å². The molecule has 0 bridgehead atoms. The summed E-state index contributed by atoms with van der Waals surface area (Å²) in [5.41, 5.74) is -8.12. The van der Waals surface area contributed by atoms with Crippen LogP contribution < -0.4 is 5.32 Å². The van der Waals surface area contributed by atoms with E-state index in [-0.39, 0.29) is 25.1 Å². The molecule has 0 aliphatic heterocycles. The van der Waals surface area contributed by atoms with Crippen LogP contribution in [0.4, 0.5) is 39.5 Å². The van der Waals surface area contributed by atoms with Gasteiger partial charge in [-0.1, -0.05) is 30.3 Å². The molecule has 0 fully saturated rings. The highest BCUT2D eigenvalue weighted by Gasteiger charge is 2.73. The Morgan fingerprint density at radius 3 is 1.83 bits per heavy atom. The quantitative estimate of drug-likeness (QED) is 0.0935. The van der Waals surface area contributed by atoms with E-state index in [1.165, 1.54) is 0 Å². The van der Waals surface area contributed by atoms with E-state index in [1.54, 1.807) is 0 Å². The van der Waals surface area contributed by atoms with Gasteiger partial charge in [0.1, 0.15) is 22.7 Å². The predicted molar refractivity (Wildman–Crippen MR) is 146 cm³/mol. The van der Waals surface area contributed by atoms with E-state index in [2.05, 4.69) is 14.2 Å². The highest BCUT2D eigenvalue weighted by molar-refractivity contribution is 7.91. The number of nitrogens with one attached hydrogen (secondary N) is 1. The molecule has 0 saturated carbocycles. The van der Waals surface area contributed by atoms with Gasteiger partial charge in [0.25, 0.3) is 15.7 Å². The number of hydrogen-bond donors (Lipinski definition) is 1. The number of benzene rings is 3. The smallest absolute Gasteiger partial charge is 0.349 e. The molecule has 0 spiro atoms. The monoisotopic (exact) mass is 707 g/mol. The summed E-state index contributed by atoms with van der Waals surface area (Å²) in [6.45, 7) is -2.53. The molecule has 46 heavy (non-hydrogen) atoms. The highest BCUT2D eigenvalue weighted by atomic mass is 32.2. The van der Waals surface area contributed by atoms with E-state index in [0.29, 0.717) is 36.4 Å². The Morgan fingerprint density at radius 2 is 1.33 bits per heavy atom. The number of halogens is 9. The van der Waals surface area contributed by atoms with Gasteiger partial charge in [-0.2, -0.15) is 34.8 Å². The van der Waals surface area contributed by atoms with Crippen molar-refractivity contribution in [2.75, 3.05) is 26.0 Å². The minimum absolute atomic E-state index is 0.0191. The molecule has 3 rings (SSSR count). The first kappa shape index (κ1) is 37.3. The van der Waals surface area contributed by atoms with Crippen LogP contribution in [-0.2, 0) is 41.1 Å². The maximum atomic E-state index is 14.3. The van der Waals surface area contributed by atoms with Crippen LogP contribution in [0.1, 0.15) is 28.4 Å². The molecule has 0 saturated heterocycles. The van der Waals surface area contributed by atoms with Gasteiger partial charge in [-0.3, -0.25) is 4.18 Å². The van der Waals surface area contributed by atoms with E-state index in [4.69, 9.17) is 0 Å². The molecule has 0 aliphatic rings. The molecule has 0 radical (unpaired) electrons. The van der Waals surface area contributed by atoms with Crippen molar-refractivity contribution in [2.24, 2.45) is 0 Å². The van der Waals surface area contributed by atoms with Crippen molar-refractivity contribution in [3.8, 4) is 0 Å². The second kappa shape index (κ2) is 14.3. The molecule has 254 valence electrons. The Morgan fingerprint density at radius 1 is 0.783 bits per heavy atom. The molecule has 7 nitrogen and oxygen atoms in total. The first-order valence-corrected chi connectivity index (χ1v) is 16.4. The average molecular weight is 708 g/mol. The van der Waals surface area contributed by atoms with Gasteiger partial charge in [-0.25, -0.2) is 21.6 Å². The van der Waals surface area contributed by atoms with Gasteiger partial charge in [0, 0.05) is 17.7 Å². The first-order chi connectivity index (χ1) is 21.2. The molecule has 1 N–H and O–H groups in total. The molecule has 3 aromatic rings. The van der Waals surface area contributed by atoms with Crippen LogP contribution in [0.3, 0.4) is 0 Å². The number of sulfone groups is 1. The van der Waals surface area contributed by atoms with Crippen LogP contribution in [0, 0.1) is 17.5 Å². The summed E-state index contributed by atoms with van der Waals surface area (Å²) in [4.78, 5) is -0.416. The van der Waals surface area contributed by atoms with Gasteiger partial charge in [0.15, 0.2) is 9.84 Å². The van der Waals surface area contributed by atoms with E-state index >= 15 is 0 Å². The van der Waals surface area contributed by atoms with Gasteiger partial charge in [-0.15, -0.1) is 0 Å². The standard InChI is InChI=1S/C28H26F9NO6S2/c1-45(39,40)44-15-3-14-38-16-25(46(41,42)21-12-10-20(29)11-13-21)18-6-8-19(9-7-18)26(27(32,33)34,28(35,36)37)43-17-22-23(30)4-2-5-24(22)31/h2,4-13,25,38H,3,14-17H2,1H3. The molecule has 3 aromatic carbocycles. The van der Waals surface area contributed by atoms with Crippen molar-refractivity contribution in [3.05, 3.63) is 101 Å². The van der Waals surface area contributed by atoms with Crippen LogP contribution in [0.15, 0.2) is 71.6 Å². The third-order valence-corrected chi connectivity index (χ3v) is 9.34. The second-order valence-electron chi connectivity index (χ2n) is 9.86. The van der Waals surface area contributed by atoms with Crippen LogP contribution in [0.2, 0.25) is 0 Å². The minimum Gasteiger partial charge on any atom is -0.349 e. The molecular weight excluding hydrogens is 681 g/mol. The van der Waals surface area contributed by atoms with E-state index in [1.807, 2.05) is 0 Å². The van der Waals surface area contributed by atoms with Crippen molar-refractivity contribution >= 4 is 20.0 Å². The zero-order valence-corrected chi connectivity index (χ0v) is 25.3. The van der Waals surface area contributed by atoms with Crippen LogP contribution in [0.5, 0.6) is 0 Å². The topological polar surface area (TPSA) is 98.8 Å². The molecule has 18 heteroatoms. The highest BCUT2D eigenvalue weighted by Crippen LogP contribution is 2.53. The molecule has 0 aromatic heterocycles. The Bertz CT molecular complexity index is 1660. The normalized spacial score (nSPS) is 14.0. The minimum atomic E-state index is -6.22. The Labute approximate surface area is 258 Å². The summed E-state index contributed by atoms with van der Waals surface area (Å²) in [5, 5.41) is 1.07. The van der Waals surface area contributed by atoms with Gasteiger partial charge < -0.3 is 10.1 Å². The van der Waals surface area contributed by atoms with Crippen molar-refractivity contribution < 1.29 is 65.3 Å². The summed E-state index contributed by atoms with van der Waals surface area (Å²) < 4.78 is 185. The maximum absolute atomic E-state index is 14.3. The molecule has 0 heterocycles. The number of ether oxygens (including phenoxy) is 1. The summed E-state index contributed by atoms with van der Waals surface area (Å²) >= 11 is 0. The largest absolute Gasteiger partial charge is 0.430 e. The summed E-state index contributed by atoms with van der Waals surface area (Å²) in [6, 6.07) is 7.63. The Kier molecular flexibility index (Phi) is 11.6. The first-order valence-electron chi connectivity index (χ1n) is 13.1. The maximum Gasteiger partial charge on any atom is 0.430 e. The lowest BCUT2D eigenvalue weighted by molar-refractivity contribution is -0.392. The van der Waals surface area contributed by atoms with Crippen molar-refractivity contribution in [1.29, 1.82) is 0 Å². The SMILES string of the molecule is CS(=O)(=O)OCCCNCC(c1ccc(C(OCc2c(F)cccc2F)(C(F)(F)F)C(F)(F)F)cc1)S(=O)(=O)c1ccc(F)cc1. The third kappa shape index (κ3) is 8.58. The summed E-state index contributed by atoms with van der Waals surface area (Å²) in [7, 11) is -8.22. The molecule has 1 atom stereocenters. The van der Waals surface area contributed by atoms with E-state index in [9.17, 15) is 56.3 Å². The fraction of sp³-hybridized carbons (Fsp3) is 0.357. The number of hydrogen-bond acceptors (Lipinski definition) is 7. The number of alkyl halides is 6. The second-order valence-corrected chi connectivity index (χ2v) is 13.6. The molecule has 0 aliphatic carbocycles. The lowest BCUT2D eigenvalue weighted by Crippen LogP contribution is -2.55. The fourth-order valence-corrected chi connectivity index (χ4v) is 6.47. The van der Waals surface area contributed by atoms with Crippen molar-refractivity contribution in [3.63, 3.8) is 0 Å². The fourth-order valence-electron chi connectivity index (χ4n) is 4.35. The predicted octanol–water partition coefficient (Wildman–Crippen LogP) is 6.11. The van der Waals surface area contributed by atoms with Crippen LogP contribution in [-0.4, -0.2) is 55.1 Å². The zero-order chi connectivity index (χ0) is 34.6. The lowest BCUT2D eigenvalue weighted by Gasteiger charge is -2.37.